The maximum Gasteiger partial charge on any atom is 0.289 e. The van der Waals surface area contributed by atoms with E-state index in [1.165, 1.54) is 30.5 Å². The van der Waals surface area contributed by atoms with Gasteiger partial charge in [0.2, 0.25) is 24.0 Å². The minimum Gasteiger partial charge on any atom is -0.459 e. The Morgan fingerprint density at radius 2 is 1.37 bits per heavy atom. The lowest BCUT2D eigenvalue weighted by Crippen LogP contribution is -2.48. The second kappa shape index (κ2) is 10.0. The van der Waals surface area contributed by atoms with Crippen molar-refractivity contribution in [1.29, 1.82) is 0 Å². The molecule has 0 spiro atoms. The lowest BCUT2D eigenvalue weighted by Gasteiger charge is -2.35. The average molecular weight is 572 g/mol. The Balaban J connectivity index is 1.53. The highest BCUT2D eigenvalue weighted by Crippen LogP contribution is 2.39. The summed E-state index contributed by atoms with van der Waals surface area (Å²) in [6, 6.07) is 15.9. The predicted molar refractivity (Wildman–Crippen MR) is 142 cm³/mol. The number of sulfone groups is 2. The zero-order chi connectivity index (χ0) is 27.1. The number of carbonyl (C=O) groups is 1. The number of thiazole rings is 1. The average Bonchev–Trinajstić information content (AvgIpc) is 3.61. The van der Waals surface area contributed by atoms with Gasteiger partial charge in [0.15, 0.2) is 10.8 Å². The number of hydrogen-bond donors (Lipinski definition) is 0. The van der Waals surface area contributed by atoms with Crippen molar-refractivity contribution in [3.8, 4) is 0 Å². The minimum absolute atomic E-state index is 0.0283. The van der Waals surface area contributed by atoms with E-state index in [0.29, 0.717) is 26.2 Å². The van der Waals surface area contributed by atoms with Crippen LogP contribution >= 0.6 is 11.3 Å². The van der Waals surface area contributed by atoms with Gasteiger partial charge in [-0.25, -0.2) is 21.8 Å². The zero-order valence-corrected chi connectivity index (χ0v) is 23.1. The normalized spacial score (nSPS) is 14.6. The van der Waals surface area contributed by atoms with E-state index in [2.05, 4.69) is 4.98 Å². The Labute approximate surface area is 225 Å². The predicted octanol–water partition coefficient (Wildman–Crippen LogP) is 3.98. The summed E-state index contributed by atoms with van der Waals surface area (Å²) < 4.78 is 59.2. The smallest absolute Gasteiger partial charge is 0.289 e. The van der Waals surface area contributed by atoms with Crippen LogP contribution < -0.4 is 4.90 Å². The Bertz CT molecular complexity index is 1670. The molecule has 0 bridgehead atoms. The molecule has 0 unspecified atom stereocenters. The van der Waals surface area contributed by atoms with Crippen LogP contribution in [-0.4, -0.2) is 58.8 Å². The highest BCUT2D eigenvalue weighted by molar-refractivity contribution is 7.94. The second-order valence-electron chi connectivity index (χ2n) is 8.98. The van der Waals surface area contributed by atoms with Gasteiger partial charge in [-0.1, -0.05) is 46.7 Å². The van der Waals surface area contributed by atoms with Crippen molar-refractivity contribution >= 4 is 41.9 Å². The number of benzene rings is 2. The van der Waals surface area contributed by atoms with Gasteiger partial charge in [-0.15, -0.1) is 0 Å². The molecule has 0 aliphatic carbocycles. The first-order valence-electron chi connectivity index (χ1n) is 11.8. The van der Waals surface area contributed by atoms with Crippen LogP contribution in [0.3, 0.4) is 0 Å². The van der Waals surface area contributed by atoms with Crippen LogP contribution in [0, 0.1) is 13.8 Å². The Hall–Kier alpha value is -3.48. The zero-order valence-electron chi connectivity index (χ0n) is 20.7. The molecular weight excluding hydrogens is 547 g/mol. The molecule has 4 aromatic rings. The summed E-state index contributed by atoms with van der Waals surface area (Å²) in [6.07, 6.45) is 1.43. The molecule has 198 valence electrons. The van der Waals surface area contributed by atoms with Crippen LogP contribution in [0.25, 0.3) is 0 Å². The van der Waals surface area contributed by atoms with E-state index in [1.807, 2.05) is 13.8 Å². The number of aromatic nitrogens is 1. The first-order chi connectivity index (χ1) is 18.1. The minimum atomic E-state index is -4.13. The molecule has 0 atom stereocenters. The van der Waals surface area contributed by atoms with Gasteiger partial charge in [0.05, 0.1) is 16.1 Å². The third-order valence-electron chi connectivity index (χ3n) is 6.29. The number of carbonyl (C=O) groups excluding carboxylic acids is 1. The van der Waals surface area contributed by atoms with Gasteiger partial charge in [0.25, 0.3) is 5.91 Å². The lowest BCUT2D eigenvalue weighted by molar-refractivity contribution is 0.0714. The van der Waals surface area contributed by atoms with Crippen molar-refractivity contribution < 1.29 is 26.0 Å². The summed E-state index contributed by atoms with van der Waals surface area (Å²) in [5, 5.41) is -0.0655. The number of nitrogens with zero attached hydrogens (tertiary/aromatic N) is 3. The van der Waals surface area contributed by atoms with E-state index in [1.54, 1.807) is 46.2 Å². The van der Waals surface area contributed by atoms with E-state index in [4.69, 9.17) is 4.42 Å². The molecule has 1 saturated heterocycles. The van der Waals surface area contributed by atoms with Crippen LogP contribution in [0.5, 0.6) is 0 Å². The van der Waals surface area contributed by atoms with Gasteiger partial charge < -0.3 is 14.2 Å². The Morgan fingerprint density at radius 3 is 1.89 bits per heavy atom. The highest BCUT2D eigenvalue weighted by atomic mass is 32.2. The number of furan rings is 1. The largest absolute Gasteiger partial charge is 0.459 e. The number of aryl methyl sites for hydroxylation is 2. The van der Waals surface area contributed by atoms with Crippen molar-refractivity contribution in [2.24, 2.45) is 0 Å². The SMILES string of the molecule is Cc1ccc(S(=O)(=O)c2nc(S(=O)(=O)c3ccc(C)cc3)c(N3CCN(C(=O)c4ccco4)CC3)s2)cc1. The number of rotatable bonds is 6. The van der Waals surface area contributed by atoms with Gasteiger partial charge in [-0.2, -0.15) is 0 Å². The lowest BCUT2D eigenvalue weighted by atomic mass is 10.2. The fourth-order valence-corrected chi connectivity index (χ4v) is 8.56. The molecule has 5 rings (SSSR count). The molecule has 12 heteroatoms. The van der Waals surface area contributed by atoms with Crippen LogP contribution in [0.4, 0.5) is 5.00 Å². The standard InChI is InChI=1S/C26H25N3O6S3/c1-18-5-9-20(10-6-18)37(31,32)23-25(29-15-13-28(14-16-29)24(30)22-4-3-17-35-22)36-26(27-23)38(33,34)21-11-7-19(2)8-12-21/h3-12,17H,13-16H2,1-2H3. The quantitative estimate of drug-likeness (QED) is 0.341. The van der Waals surface area contributed by atoms with Crippen molar-refractivity contribution in [3.05, 3.63) is 83.8 Å². The van der Waals surface area contributed by atoms with E-state index < -0.39 is 19.7 Å². The van der Waals surface area contributed by atoms with E-state index in [0.717, 1.165) is 22.5 Å². The molecule has 0 radical (unpaired) electrons. The van der Waals surface area contributed by atoms with Gasteiger partial charge in [0, 0.05) is 26.2 Å². The first-order valence-corrected chi connectivity index (χ1v) is 15.6. The summed E-state index contributed by atoms with van der Waals surface area (Å²) >= 11 is 0.830. The van der Waals surface area contributed by atoms with Crippen LogP contribution in [-0.2, 0) is 19.7 Å². The molecule has 0 saturated carbocycles. The number of anilines is 1. The number of amides is 1. The summed E-state index contributed by atoms with van der Waals surface area (Å²) in [7, 11) is -8.19. The maximum absolute atomic E-state index is 13.7. The molecule has 1 aliphatic rings. The van der Waals surface area contributed by atoms with E-state index in [9.17, 15) is 21.6 Å². The van der Waals surface area contributed by atoms with Gasteiger partial charge in [-0.05, 0) is 50.2 Å². The first kappa shape index (κ1) is 26.1. The van der Waals surface area contributed by atoms with Crippen LogP contribution in [0.2, 0.25) is 0 Å². The molecule has 0 N–H and O–H groups in total. The second-order valence-corrected chi connectivity index (χ2v) is 13.9. The molecule has 1 fully saturated rings. The van der Waals surface area contributed by atoms with Crippen molar-refractivity contribution in [2.75, 3.05) is 31.1 Å². The Morgan fingerprint density at radius 1 is 0.816 bits per heavy atom. The third-order valence-corrected chi connectivity index (χ3v) is 11.4. The maximum atomic E-state index is 13.7. The van der Waals surface area contributed by atoms with Gasteiger partial charge in [-0.3, -0.25) is 4.79 Å². The molecule has 38 heavy (non-hydrogen) atoms. The van der Waals surface area contributed by atoms with Gasteiger partial charge in [0.1, 0.15) is 5.00 Å². The summed E-state index contributed by atoms with van der Waals surface area (Å²) in [6.45, 7) is 4.91. The van der Waals surface area contributed by atoms with E-state index >= 15 is 0 Å². The van der Waals surface area contributed by atoms with Crippen molar-refractivity contribution in [3.63, 3.8) is 0 Å². The monoisotopic (exact) mass is 571 g/mol. The van der Waals surface area contributed by atoms with Gasteiger partial charge >= 0.3 is 0 Å². The van der Waals surface area contributed by atoms with E-state index in [-0.39, 0.29) is 35.8 Å². The van der Waals surface area contributed by atoms with Crippen LogP contribution in [0.15, 0.2) is 90.5 Å². The van der Waals surface area contributed by atoms with Crippen molar-refractivity contribution in [1.82, 2.24) is 9.88 Å². The fraction of sp³-hybridized carbons (Fsp3) is 0.231. The molecule has 2 aromatic carbocycles. The highest BCUT2D eigenvalue weighted by Gasteiger charge is 2.35. The summed E-state index contributed by atoms with van der Waals surface area (Å²) in [5.41, 5.74) is 1.79. The molecule has 2 aromatic heterocycles. The van der Waals surface area contributed by atoms with Crippen molar-refractivity contribution in [2.45, 2.75) is 33.0 Å². The number of piperazine rings is 1. The third kappa shape index (κ3) is 4.86. The summed E-state index contributed by atoms with van der Waals surface area (Å²) in [5.74, 6) is -0.0283. The molecule has 9 nitrogen and oxygen atoms in total. The van der Waals surface area contributed by atoms with Crippen LogP contribution in [0.1, 0.15) is 21.7 Å². The Kier molecular flexibility index (Phi) is 6.88. The molecular formula is C26H25N3O6S3. The topological polar surface area (TPSA) is 118 Å². The fourth-order valence-electron chi connectivity index (χ4n) is 4.09. The molecule has 1 amide bonds. The summed E-state index contributed by atoms with van der Waals surface area (Å²) in [4.78, 5) is 20.4. The number of hydrogen-bond acceptors (Lipinski definition) is 9. The molecule has 3 heterocycles. The molecule has 1 aliphatic heterocycles.